The zero-order valence-electron chi connectivity index (χ0n) is 12.7. The lowest BCUT2D eigenvalue weighted by atomic mass is 10.2. The number of carbonyl (C=O) groups excluding carboxylic acids is 1. The van der Waals surface area contributed by atoms with E-state index in [1.54, 1.807) is 6.20 Å². The lowest BCUT2D eigenvalue weighted by Gasteiger charge is -2.20. The van der Waals surface area contributed by atoms with Gasteiger partial charge in [0.2, 0.25) is 0 Å². The van der Waals surface area contributed by atoms with Crippen molar-refractivity contribution >= 4 is 17.4 Å². The molecule has 1 aliphatic heterocycles. The van der Waals surface area contributed by atoms with Crippen LogP contribution in [-0.2, 0) is 9.53 Å². The molecule has 0 saturated carbocycles. The summed E-state index contributed by atoms with van der Waals surface area (Å²) < 4.78 is 5.58. The second-order valence-corrected chi connectivity index (χ2v) is 5.13. The Hall–Kier alpha value is -1.66. The van der Waals surface area contributed by atoms with Crippen molar-refractivity contribution in [2.24, 2.45) is 5.73 Å². The number of ether oxygens (including phenoxy) is 1. The summed E-state index contributed by atoms with van der Waals surface area (Å²) in [6, 6.07) is 3.79. The van der Waals surface area contributed by atoms with Crippen molar-refractivity contribution in [3.8, 4) is 0 Å². The van der Waals surface area contributed by atoms with Crippen molar-refractivity contribution in [2.75, 3.05) is 29.9 Å². The van der Waals surface area contributed by atoms with Crippen molar-refractivity contribution in [1.82, 2.24) is 4.98 Å². The number of amides is 1. The number of aromatic nitrogens is 1. The van der Waals surface area contributed by atoms with Crippen LogP contribution in [0.1, 0.15) is 26.7 Å². The van der Waals surface area contributed by atoms with Crippen molar-refractivity contribution in [1.29, 1.82) is 0 Å². The summed E-state index contributed by atoms with van der Waals surface area (Å²) in [4.78, 5) is 18.6. The molecule has 0 aliphatic carbocycles. The Labute approximate surface area is 125 Å². The molecule has 21 heavy (non-hydrogen) atoms. The van der Waals surface area contributed by atoms with E-state index in [4.69, 9.17) is 10.5 Å². The lowest BCUT2D eigenvalue weighted by molar-refractivity contribution is -0.126. The Morgan fingerprint density at radius 2 is 2.19 bits per heavy atom. The fraction of sp³-hybridized carbons (Fsp3) is 0.600. The smallest absolute Gasteiger partial charge is 0.253 e. The summed E-state index contributed by atoms with van der Waals surface area (Å²) in [6.07, 6.45) is 2.85. The number of hydrogen-bond acceptors (Lipinski definition) is 5. The van der Waals surface area contributed by atoms with Crippen LogP contribution in [0.4, 0.5) is 11.5 Å². The van der Waals surface area contributed by atoms with Gasteiger partial charge >= 0.3 is 0 Å². The second kappa shape index (κ2) is 7.38. The second-order valence-electron chi connectivity index (χ2n) is 5.13. The van der Waals surface area contributed by atoms with Crippen LogP contribution < -0.4 is 16.0 Å². The Kier molecular flexibility index (Phi) is 5.52. The number of carbonyl (C=O) groups is 1. The molecule has 2 heterocycles. The van der Waals surface area contributed by atoms with E-state index in [1.807, 2.05) is 12.1 Å². The minimum Gasteiger partial charge on any atom is -0.364 e. The van der Waals surface area contributed by atoms with Crippen LogP contribution in [0.25, 0.3) is 0 Å². The summed E-state index contributed by atoms with van der Waals surface area (Å²) in [6.45, 7) is 6.46. The third kappa shape index (κ3) is 3.92. The molecule has 0 bridgehead atoms. The van der Waals surface area contributed by atoms with Gasteiger partial charge in [0.15, 0.2) is 0 Å². The maximum atomic E-state index is 12.1. The first kappa shape index (κ1) is 15.7. The first-order valence-electron chi connectivity index (χ1n) is 7.55. The van der Waals surface area contributed by atoms with E-state index in [9.17, 15) is 4.79 Å². The number of anilines is 2. The van der Waals surface area contributed by atoms with Gasteiger partial charge in [0, 0.05) is 19.6 Å². The van der Waals surface area contributed by atoms with Gasteiger partial charge in [-0.3, -0.25) is 4.79 Å². The van der Waals surface area contributed by atoms with E-state index >= 15 is 0 Å². The minimum absolute atomic E-state index is 0.00363. The summed E-state index contributed by atoms with van der Waals surface area (Å²) >= 11 is 0. The topological polar surface area (TPSA) is 80.5 Å². The number of nitrogens with one attached hydrogen (secondary N) is 1. The van der Waals surface area contributed by atoms with Crippen LogP contribution in [0.3, 0.4) is 0 Å². The number of nitrogens with zero attached hydrogens (tertiary/aromatic N) is 2. The summed E-state index contributed by atoms with van der Waals surface area (Å²) in [7, 11) is 0. The zero-order valence-corrected chi connectivity index (χ0v) is 12.7. The Bertz CT molecular complexity index is 459. The highest BCUT2D eigenvalue weighted by molar-refractivity contribution is 5.94. The molecule has 0 radical (unpaired) electrons. The van der Waals surface area contributed by atoms with Crippen LogP contribution in [0, 0.1) is 0 Å². The molecule has 2 rings (SSSR count). The van der Waals surface area contributed by atoms with Crippen LogP contribution in [-0.4, -0.2) is 42.7 Å². The maximum Gasteiger partial charge on any atom is 0.253 e. The Morgan fingerprint density at radius 1 is 1.43 bits per heavy atom. The van der Waals surface area contributed by atoms with Gasteiger partial charge in [-0.15, -0.1) is 0 Å². The molecule has 1 aliphatic rings. The molecule has 1 fully saturated rings. The largest absolute Gasteiger partial charge is 0.364 e. The van der Waals surface area contributed by atoms with E-state index in [1.165, 1.54) is 0 Å². The van der Waals surface area contributed by atoms with Crippen LogP contribution in [0.15, 0.2) is 18.3 Å². The zero-order chi connectivity index (χ0) is 15.2. The van der Waals surface area contributed by atoms with Gasteiger partial charge in [-0.25, -0.2) is 4.98 Å². The van der Waals surface area contributed by atoms with Crippen molar-refractivity contribution in [3.63, 3.8) is 0 Å². The van der Waals surface area contributed by atoms with E-state index in [0.717, 1.165) is 31.7 Å². The highest BCUT2D eigenvalue weighted by atomic mass is 16.5. The first-order chi connectivity index (χ1) is 10.2. The van der Waals surface area contributed by atoms with Crippen LogP contribution >= 0.6 is 0 Å². The molecular weight excluding hydrogens is 268 g/mol. The van der Waals surface area contributed by atoms with Gasteiger partial charge in [-0.05, 0) is 38.8 Å². The molecule has 6 heteroatoms. The number of hydrogen-bond donors (Lipinski definition) is 2. The molecule has 0 spiro atoms. The molecule has 116 valence electrons. The van der Waals surface area contributed by atoms with Gasteiger partial charge in [-0.1, -0.05) is 0 Å². The Morgan fingerprint density at radius 3 is 2.71 bits per heavy atom. The fourth-order valence-electron chi connectivity index (χ4n) is 2.49. The standard InChI is InChI=1S/C15H24N4O2/c1-3-19(4-2)14-8-5-11(10-17-14)18-15(20)13-7-6-12(9-16)21-13/h5,8,10,12-13H,3-4,6-7,9,16H2,1-2H3,(H,18,20). The molecule has 1 amide bonds. The molecule has 3 N–H and O–H groups in total. The minimum atomic E-state index is -0.402. The van der Waals surface area contributed by atoms with E-state index in [2.05, 4.69) is 29.0 Å². The van der Waals surface area contributed by atoms with Gasteiger partial charge in [-0.2, -0.15) is 0 Å². The SMILES string of the molecule is CCN(CC)c1ccc(NC(=O)C2CCC(CN)O2)cn1. The molecule has 1 aromatic heterocycles. The average Bonchev–Trinajstić information content (AvgIpc) is 2.99. The summed E-state index contributed by atoms with van der Waals surface area (Å²) in [5, 5.41) is 2.84. The predicted octanol–water partition coefficient (Wildman–Crippen LogP) is 1.37. The fourth-order valence-corrected chi connectivity index (χ4v) is 2.49. The van der Waals surface area contributed by atoms with Crippen LogP contribution in [0.2, 0.25) is 0 Å². The first-order valence-corrected chi connectivity index (χ1v) is 7.55. The summed E-state index contributed by atoms with van der Waals surface area (Å²) in [5.41, 5.74) is 6.24. The molecule has 1 saturated heterocycles. The highest BCUT2D eigenvalue weighted by Gasteiger charge is 2.29. The molecule has 6 nitrogen and oxygen atoms in total. The average molecular weight is 292 g/mol. The molecule has 0 aromatic carbocycles. The highest BCUT2D eigenvalue weighted by Crippen LogP contribution is 2.21. The van der Waals surface area contributed by atoms with E-state index in [-0.39, 0.29) is 12.0 Å². The quantitative estimate of drug-likeness (QED) is 0.828. The Balaban J connectivity index is 1.92. The van der Waals surface area contributed by atoms with Gasteiger partial charge in [0.1, 0.15) is 11.9 Å². The molecule has 1 aromatic rings. The maximum absolute atomic E-state index is 12.1. The lowest BCUT2D eigenvalue weighted by Crippen LogP contribution is -2.30. The normalized spacial score (nSPS) is 21.3. The van der Waals surface area contributed by atoms with E-state index < -0.39 is 6.10 Å². The number of pyridine rings is 1. The van der Waals surface area contributed by atoms with Crippen molar-refractivity contribution in [2.45, 2.75) is 38.9 Å². The monoisotopic (exact) mass is 292 g/mol. The summed E-state index contributed by atoms with van der Waals surface area (Å²) in [5.74, 6) is 0.793. The molecular formula is C15H24N4O2. The molecule has 2 atom stereocenters. The molecule has 2 unspecified atom stereocenters. The van der Waals surface area contributed by atoms with Crippen molar-refractivity contribution < 1.29 is 9.53 Å². The third-order valence-electron chi connectivity index (χ3n) is 3.77. The number of rotatable bonds is 6. The predicted molar refractivity (Wildman–Crippen MR) is 83.4 cm³/mol. The van der Waals surface area contributed by atoms with Gasteiger partial charge in [0.05, 0.1) is 18.0 Å². The van der Waals surface area contributed by atoms with E-state index in [0.29, 0.717) is 12.2 Å². The van der Waals surface area contributed by atoms with Gasteiger partial charge < -0.3 is 20.7 Å². The van der Waals surface area contributed by atoms with Gasteiger partial charge in [0.25, 0.3) is 5.91 Å². The van der Waals surface area contributed by atoms with Crippen LogP contribution in [0.5, 0.6) is 0 Å². The van der Waals surface area contributed by atoms with Crippen molar-refractivity contribution in [3.05, 3.63) is 18.3 Å². The number of nitrogens with two attached hydrogens (primary N) is 1. The third-order valence-corrected chi connectivity index (χ3v) is 3.77.